The second kappa shape index (κ2) is 2.33. The number of hydrazine groups is 1. The molecule has 0 amide bonds. The largest absolute Gasteiger partial charge is 0.480 e. The van der Waals surface area contributed by atoms with Gasteiger partial charge >= 0.3 is 5.97 Å². The van der Waals surface area contributed by atoms with Crippen molar-refractivity contribution in [1.29, 1.82) is 0 Å². The van der Waals surface area contributed by atoms with Crippen LogP contribution in [-0.4, -0.2) is 28.7 Å². The minimum atomic E-state index is -0.857. The number of carboxylic acid groups (broad SMARTS) is 1. The number of nitrogens with zero attached hydrogens (tertiary/aromatic N) is 1. The zero-order chi connectivity index (χ0) is 6.85. The Balaban J connectivity index is 2.17. The molecular weight excluding hydrogens is 120 g/mol. The summed E-state index contributed by atoms with van der Waals surface area (Å²) in [6.45, 7) is -0.0370. The maximum absolute atomic E-state index is 10.0. The van der Waals surface area contributed by atoms with Gasteiger partial charge in [0.2, 0.25) is 0 Å². The quantitative estimate of drug-likeness (QED) is 0.396. The van der Waals surface area contributed by atoms with E-state index in [4.69, 9.17) is 10.9 Å². The van der Waals surface area contributed by atoms with Gasteiger partial charge in [0.1, 0.15) is 6.54 Å². The predicted molar refractivity (Wildman–Crippen MR) is 31.6 cm³/mol. The van der Waals surface area contributed by atoms with Gasteiger partial charge in [0.05, 0.1) is 0 Å². The minimum Gasteiger partial charge on any atom is -0.480 e. The first-order valence-electron chi connectivity index (χ1n) is 2.93. The zero-order valence-electron chi connectivity index (χ0n) is 5.08. The summed E-state index contributed by atoms with van der Waals surface area (Å²) in [5, 5.41) is 9.62. The fraction of sp³-hybridized carbons (Fsp3) is 0.800. The summed E-state index contributed by atoms with van der Waals surface area (Å²) in [4.78, 5) is 10.0. The molecule has 9 heavy (non-hydrogen) atoms. The Morgan fingerprint density at radius 2 is 2.33 bits per heavy atom. The Morgan fingerprint density at radius 1 is 1.78 bits per heavy atom. The topological polar surface area (TPSA) is 66.6 Å². The molecule has 0 unspecified atom stereocenters. The molecule has 0 bridgehead atoms. The Morgan fingerprint density at radius 3 is 2.67 bits per heavy atom. The normalized spacial score (nSPS) is 18.4. The van der Waals surface area contributed by atoms with Gasteiger partial charge in [-0.3, -0.25) is 10.6 Å². The molecule has 0 spiro atoms. The van der Waals surface area contributed by atoms with Gasteiger partial charge < -0.3 is 5.11 Å². The van der Waals surface area contributed by atoms with E-state index < -0.39 is 5.97 Å². The molecular formula is C5H10N2O2. The summed E-state index contributed by atoms with van der Waals surface area (Å²) in [5.41, 5.74) is 0. The van der Waals surface area contributed by atoms with Crippen molar-refractivity contribution in [3.8, 4) is 0 Å². The third-order valence-electron chi connectivity index (χ3n) is 1.33. The number of rotatable bonds is 3. The van der Waals surface area contributed by atoms with Crippen molar-refractivity contribution in [3.63, 3.8) is 0 Å². The van der Waals surface area contributed by atoms with Crippen molar-refractivity contribution in [2.24, 2.45) is 5.84 Å². The maximum Gasteiger partial charge on any atom is 0.319 e. The zero-order valence-corrected chi connectivity index (χ0v) is 5.08. The van der Waals surface area contributed by atoms with Crippen LogP contribution in [0.3, 0.4) is 0 Å². The van der Waals surface area contributed by atoms with Crippen molar-refractivity contribution in [3.05, 3.63) is 0 Å². The Labute approximate surface area is 53.2 Å². The molecule has 0 saturated heterocycles. The van der Waals surface area contributed by atoms with E-state index in [1.165, 1.54) is 5.01 Å². The van der Waals surface area contributed by atoms with E-state index >= 15 is 0 Å². The molecule has 0 radical (unpaired) electrons. The van der Waals surface area contributed by atoms with Crippen molar-refractivity contribution in [2.45, 2.75) is 18.9 Å². The van der Waals surface area contributed by atoms with E-state index in [-0.39, 0.29) is 6.54 Å². The van der Waals surface area contributed by atoms with E-state index in [1.807, 2.05) is 0 Å². The third kappa shape index (κ3) is 1.99. The van der Waals surface area contributed by atoms with Crippen LogP contribution in [0, 0.1) is 0 Å². The number of hydrogen-bond acceptors (Lipinski definition) is 3. The standard InChI is InChI=1S/C5H10N2O2/c6-7(3-5(8)9)4-1-2-4/h4H,1-3,6H2,(H,8,9). The van der Waals surface area contributed by atoms with Crippen molar-refractivity contribution >= 4 is 5.97 Å². The first-order chi connectivity index (χ1) is 4.20. The van der Waals surface area contributed by atoms with Crippen LogP contribution in [0.15, 0.2) is 0 Å². The average Bonchev–Trinajstić information content (AvgIpc) is 2.40. The van der Waals surface area contributed by atoms with Crippen LogP contribution < -0.4 is 5.84 Å². The summed E-state index contributed by atoms with van der Waals surface area (Å²) >= 11 is 0. The summed E-state index contributed by atoms with van der Waals surface area (Å²) < 4.78 is 0. The maximum atomic E-state index is 10.0. The van der Waals surface area contributed by atoms with Crippen LogP contribution in [0.5, 0.6) is 0 Å². The van der Waals surface area contributed by atoms with Crippen LogP contribution in [0.4, 0.5) is 0 Å². The number of hydrogen-bond donors (Lipinski definition) is 2. The highest BCUT2D eigenvalue weighted by atomic mass is 16.4. The first-order valence-corrected chi connectivity index (χ1v) is 2.93. The van der Waals surface area contributed by atoms with Crippen LogP contribution >= 0.6 is 0 Å². The van der Waals surface area contributed by atoms with E-state index in [1.54, 1.807) is 0 Å². The predicted octanol–water partition coefficient (Wildman–Crippen LogP) is -0.591. The lowest BCUT2D eigenvalue weighted by molar-refractivity contribution is -0.138. The average molecular weight is 130 g/mol. The summed E-state index contributed by atoms with van der Waals surface area (Å²) in [6.07, 6.45) is 2.09. The molecule has 0 aromatic carbocycles. The fourth-order valence-corrected chi connectivity index (χ4v) is 0.691. The van der Waals surface area contributed by atoms with Crippen molar-refractivity contribution < 1.29 is 9.90 Å². The molecule has 1 fully saturated rings. The third-order valence-corrected chi connectivity index (χ3v) is 1.33. The van der Waals surface area contributed by atoms with Gasteiger partial charge in [-0.2, -0.15) is 0 Å². The lowest BCUT2D eigenvalue weighted by atomic mass is 10.6. The smallest absolute Gasteiger partial charge is 0.319 e. The van der Waals surface area contributed by atoms with E-state index in [0.717, 1.165) is 12.8 Å². The summed E-state index contributed by atoms with van der Waals surface area (Å²) in [6, 6.07) is 0.334. The van der Waals surface area contributed by atoms with Gasteiger partial charge in [0, 0.05) is 6.04 Å². The molecule has 1 rings (SSSR count). The molecule has 0 aromatic rings. The number of carbonyl (C=O) groups is 1. The van der Waals surface area contributed by atoms with Crippen LogP contribution in [0.25, 0.3) is 0 Å². The van der Waals surface area contributed by atoms with E-state index in [2.05, 4.69) is 0 Å². The molecule has 0 aromatic heterocycles. The molecule has 52 valence electrons. The SMILES string of the molecule is NN(CC(=O)O)C1CC1. The molecule has 4 heteroatoms. The van der Waals surface area contributed by atoms with Gasteiger partial charge in [-0.1, -0.05) is 0 Å². The lowest BCUT2D eigenvalue weighted by Gasteiger charge is -2.10. The molecule has 0 aliphatic heterocycles. The molecule has 0 atom stereocenters. The summed E-state index contributed by atoms with van der Waals surface area (Å²) in [5.74, 6) is 4.48. The van der Waals surface area contributed by atoms with Gasteiger partial charge in [0.25, 0.3) is 0 Å². The molecule has 0 heterocycles. The first kappa shape index (κ1) is 6.51. The number of nitrogens with two attached hydrogens (primary N) is 1. The van der Waals surface area contributed by atoms with Gasteiger partial charge in [-0.25, -0.2) is 5.01 Å². The van der Waals surface area contributed by atoms with Gasteiger partial charge in [0.15, 0.2) is 0 Å². The second-order valence-electron chi connectivity index (χ2n) is 2.30. The Bertz CT molecular complexity index is 122. The number of aliphatic carboxylic acids is 1. The van der Waals surface area contributed by atoms with Gasteiger partial charge in [-0.15, -0.1) is 0 Å². The van der Waals surface area contributed by atoms with Crippen molar-refractivity contribution in [1.82, 2.24) is 5.01 Å². The monoisotopic (exact) mass is 130 g/mol. The minimum absolute atomic E-state index is 0.0370. The van der Waals surface area contributed by atoms with Crippen LogP contribution in [0.2, 0.25) is 0 Å². The van der Waals surface area contributed by atoms with Crippen molar-refractivity contribution in [2.75, 3.05) is 6.54 Å². The van der Waals surface area contributed by atoms with Crippen LogP contribution in [-0.2, 0) is 4.79 Å². The Hall–Kier alpha value is -0.610. The molecule has 1 aliphatic rings. The van der Waals surface area contributed by atoms with Gasteiger partial charge in [-0.05, 0) is 12.8 Å². The molecule has 3 N–H and O–H groups in total. The molecule has 1 aliphatic carbocycles. The highest BCUT2D eigenvalue weighted by Crippen LogP contribution is 2.23. The second-order valence-corrected chi connectivity index (χ2v) is 2.30. The molecule has 1 saturated carbocycles. The highest BCUT2D eigenvalue weighted by molar-refractivity contribution is 5.69. The fourth-order valence-electron chi connectivity index (χ4n) is 0.691. The molecule has 4 nitrogen and oxygen atoms in total. The highest BCUT2D eigenvalue weighted by Gasteiger charge is 2.27. The Kier molecular flexibility index (Phi) is 1.68. The lowest BCUT2D eigenvalue weighted by Crippen LogP contribution is -2.37. The number of carboxylic acids is 1. The van der Waals surface area contributed by atoms with E-state index in [0.29, 0.717) is 6.04 Å². The van der Waals surface area contributed by atoms with Crippen LogP contribution in [0.1, 0.15) is 12.8 Å². The summed E-state index contributed by atoms with van der Waals surface area (Å²) in [7, 11) is 0. The van der Waals surface area contributed by atoms with E-state index in [9.17, 15) is 4.79 Å².